The van der Waals surface area contributed by atoms with E-state index < -0.39 is 0 Å². The Morgan fingerprint density at radius 1 is 1.03 bits per heavy atom. The van der Waals surface area contributed by atoms with Gasteiger partial charge in [0.2, 0.25) is 0 Å². The van der Waals surface area contributed by atoms with E-state index in [2.05, 4.69) is 16.0 Å². The van der Waals surface area contributed by atoms with E-state index in [0.717, 1.165) is 62.3 Å². The van der Waals surface area contributed by atoms with Crippen molar-refractivity contribution in [3.63, 3.8) is 0 Å². The van der Waals surface area contributed by atoms with Crippen LogP contribution in [0.5, 0.6) is 0 Å². The first kappa shape index (κ1) is 25.1. The molecule has 1 aromatic carbocycles. The molecule has 0 spiro atoms. The number of hydrogen-bond acceptors (Lipinski definition) is 3. The molecule has 7 heteroatoms. The number of amides is 1. The van der Waals surface area contributed by atoms with Crippen LogP contribution >= 0.6 is 36.4 Å². The van der Waals surface area contributed by atoms with E-state index in [1.165, 1.54) is 38.5 Å². The fraction of sp³-hybridized carbons (Fsp3) is 0.708. The van der Waals surface area contributed by atoms with Gasteiger partial charge in [-0.1, -0.05) is 17.7 Å². The Hall–Kier alpha value is -0.520. The average molecular weight is 489 g/mol. The van der Waals surface area contributed by atoms with E-state index in [0.29, 0.717) is 22.0 Å². The summed E-state index contributed by atoms with van der Waals surface area (Å²) in [4.78, 5) is 13.0. The monoisotopic (exact) mass is 487 g/mol. The van der Waals surface area contributed by atoms with Crippen molar-refractivity contribution in [3.8, 4) is 0 Å². The van der Waals surface area contributed by atoms with Crippen LogP contribution in [0.25, 0.3) is 0 Å². The highest BCUT2D eigenvalue weighted by Gasteiger charge is 2.50. The normalized spacial score (nSPS) is 31.6. The highest BCUT2D eigenvalue weighted by molar-refractivity contribution is 6.33. The van der Waals surface area contributed by atoms with Crippen LogP contribution in [0.15, 0.2) is 18.2 Å². The van der Waals surface area contributed by atoms with Crippen molar-refractivity contribution in [1.29, 1.82) is 0 Å². The van der Waals surface area contributed by atoms with Crippen LogP contribution in [0.3, 0.4) is 0 Å². The largest absolute Gasteiger partial charge is 0.351 e. The van der Waals surface area contributed by atoms with Crippen molar-refractivity contribution < 1.29 is 4.79 Å². The predicted octanol–water partition coefficient (Wildman–Crippen LogP) is 4.97. The number of benzene rings is 1. The fourth-order valence-corrected chi connectivity index (χ4v) is 7.22. The van der Waals surface area contributed by atoms with Crippen LogP contribution in [0.4, 0.5) is 0 Å². The van der Waals surface area contributed by atoms with E-state index in [4.69, 9.17) is 11.6 Å². The lowest BCUT2D eigenvalue weighted by Crippen LogP contribution is -2.51. The SMILES string of the molecule is Cl.Cl.O=C(NCC12CC3CC(CC(C3)C1)C2)c1cc(CNC2CCNCC2)ccc1Cl. The Bertz CT molecular complexity index is 731. The van der Waals surface area contributed by atoms with E-state index >= 15 is 0 Å². The molecule has 4 bridgehead atoms. The van der Waals surface area contributed by atoms with Crippen molar-refractivity contribution in [2.24, 2.45) is 23.2 Å². The van der Waals surface area contributed by atoms with Crippen LogP contribution in [0.1, 0.15) is 67.3 Å². The van der Waals surface area contributed by atoms with Gasteiger partial charge < -0.3 is 16.0 Å². The fourth-order valence-electron chi connectivity index (χ4n) is 7.01. The topological polar surface area (TPSA) is 53.2 Å². The number of piperidine rings is 1. The summed E-state index contributed by atoms with van der Waals surface area (Å²) in [5, 5.41) is 10.9. The zero-order valence-corrected chi connectivity index (χ0v) is 20.5. The van der Waals surface area contributed by atoms with Gasteiger partial charge in [-0.25, -0.2) is 0 Å². The highest BCUT2D eigenvalue weighted by atomic mass is 35.5. The lowest BCUT2D eigenvalue weighted by atomic mass is 9.49. The Kier molecular flexibility index (Phi) is 8.59. The minimum atomic E-state index is -0.00513. The van der Waals surface area contributed by atoms with Gasteiger partial charge in [-0.15, -0.1) is 24.8 Å². The molecule has 5 fully saturated rings. The summed E-state index contributed by atoms with van der Waals surface area (Å²) in [5.74, 6) is 2.72. The summed E-state index contributed by atoms with van der Waals surface area (Å²) < 4.78 is 0. The minimum absolute atomic E-state index is 0. The Morgan fingerprint density at radius 2 is 1.65 bits per heavy atom. The first-order valence-electron chi connectivity index (χ1n) is 11.6. The van der Waals surface area contributed by atoms with Gasteiger partial charge in [0.25, 0.3) is 5.91 Å². The third-order valence-electron chi connectivity index (χ3n) is 8.00. The lowest BCUT2D eigenvalue weighted by molar-refractivity contribution is -0.0503. The smallest absolute Gasteiger partial charge is 0.252 e. The Balaban J connectivity index is 0.00000136. The third-order valence-corrected chi connectivity index (χ3v) is 8.33. The maximum atomic E-state index is 13.0. The molecule has 6 rings (SSSR count). The maximum Gasteiger partial charge on any atom is 0.252 e. The summed E-state index contributed by atoms with van der Waals surface area (Å²) in [5.41, 5.74) is 2.11. The molecule has 1 saturated heterocycles. The van der Waals surface area contributed by atoms with Gasteiger partial charge in [-0.2, -0.15) is 0 Å². The van der Waals surface area contributed by atoms with Crippen molar-refractivity contribution in [2.45, 2.75) is 64.0 Å². The highest BCUT2D eigenvalue weighted by Crippen LogP contribution is 2.59. The van der Waals surface area contributed by atoms with Gasteiger partial charge in [0, 0.05) is 19.1 Å². The van der Waals surface area contributed by atoms with Crippen LogP contribution < -0.4 is 16.0 Å². The molecule has 3 N–H and O–H groups in total. The van der Waals surface area contributed by atoms with Crippen molar-refractivity contribution >= 4 is 42.3 Å². The molecule has 1 heterocycles. The van der Waals surface area contributed by atoms with Crippen LogP contribution in [-0.2, 0) is 6.54 Å². The molecule has 4 nitrogen and oxygen atoms in total. The van der Waals surface area contributed by atoms with Crippen LogP contribution in [0, 0.1) is 23.2 Å². The van der Waals surface area contributed by atoms with Gasteiger partial charge in [-0.3, -0.25) is 4.79 Å². The molecule has 0 aromatic heterocycles. The molecular formula is C24H36Cl3N3O. The molecular weight excluding hydrogens is 453 g/mol. The second-order valence-electron chi connectivity index (χ2n) is 10.3. The first-order chi connectivity index (χ1) is 14.1. The second kappa shape index (κ2) is 10.6. The summed E-state index contributed by atoms with van der Waals surface area (Å²) in [6.07, 6.45) is 10.6. The van der Waals surface area contributed by atoms with E-state index in [1.807, 2.05) is 18.2 Å². The molecule has 1 amide bonds. The lowest BCUT2D eigenvalue weighted by Gasteiger charge is -2.56. The number of nitrogens with one attached hydrogen (secondary N) is 3. The van der Waals surface area contributed by atoms with E-state index in [-0.39, 0.29) is 30.7 Å². The molecule has 0 atom stereocenters. The van der Waals surface area contributed by atoms with Gasteiger partial charge in [0.05, 0.1) is 10.6 Å². The summed E-state index contributed by atoms with van der Waals surface area (Å²) in [7, 11) is 0. The summed E-state index contributed by atoms with van der Waals surface area (Å²) in [6.45, 7) is 3.77. The van der Waals surface area contributed by atoms with Gasteiger partial charge in [-0.05, 0) is 105 Å². The summed E-state index contributed by atoms with van der Waals surface area (Å²) in [6, 6.07) is 6.44. The molecule has 174 valence electrons. The van der Waals surface area contributed by atoms with Gasteiger partial charge >= 0.3 is 0 Å². The van der Waals surface area contributed by atoms with E-state index in [1.54, 1.807) is 0 Å². The summed E-state index contributed by atoms with van der Waals surface area (Å²) >= 11 is 6.41. The third kappa shape index (κ3) is 5.70. The quantitative estimate of drug-likeness (QED) is 0.530. The first-order valence-corrected chi connectivity index (χ1v) is 12.0. The number of carbonyl (C=O) groups excluding carboxylic acids is 1. The molecule has 5 aliphatic rings. The van der Waals surface area contributed by atoms with Crippen molar-refractivity contribution in [3.05, 3.63) is 34.3 Å². The van der Waals surface area contributed by atoms with Crippen molar-refractivity contribution in [2.75, 3.05) is 19.6 Å². The second-order valence-corrected chi connectivity index (χ2v) is 10.7. The average Bonchev–Trinajstić information content (AvgIpc) is 2.71. The molecule has 4 saturated carbocycles. The van der Waals surface area contributed by atoms with Crippen molar-refractivity contribution in [1.82, 2.24) is 16.0 Å². The molecule has 1 aliphatic heterocycles. The van der Waals surface area contributed by atoms with Crippen LogP contribution in [-0.4, -0.2) is 31.6 Å². The molecule has 31 heavy (non-hydrogen) atoms. The number of carbonyl (C=O) groups is 1. The van der Waals surface area contributed by atoms with Crippen LogP contribution in [0.2, 0.25) is 5.02 Å². The molecule has 1 aromatic rings. The zero-order valence-electron chi connectivity index (χ0n) is 18.1. The molecule has 0 unspecified atom stereocenters. The minimum Gasteiger partial charge on any atom is -0.351 e. The molecule has 4 aliphatic carbocycles. The number of halogens is 3. The van der Waals surface area contributed by atoms with Gasteiger partial charge in [0.15, 0.2) is 0 Å². The number of hydrogen-bond donors (Lipinski definition) is 3. The maximum absolute atomic E-state index is 13.0. The van der Waals surface area contributed by atoms with E-state index in [9.17, 15) is 4.79 Å². The predicted molar refractivity (Wildman–Crippen MR) is 132 cm³/mol. The zero-order chi connectivity index (χ0) is 19.8. The molecule has 0 radical (unpaired) electrons. The Morgan fingerprint density at radius 3 is 2.26 bits per heavy atom. The van der Waals surface area contributed by atoms with Gasteiger partial charge in [0.1, 0.15) is 0 Å². The standard InChI is InChI=1S/C24H34ClN3O.2ClH/c25-22-2-1-16(14-27-20-3-5-26-6-4-20)10-21(22)23(29)28-15-24-11-17-7-18(12-24)9-19(8-17)13-24;;/h1-2,10,17-20,26-27H,3-9,11-15H2,(H,28,29);2*1H. The number of rotatable bonds is 6. The Labute approximate surface area is 203 Å².